The Balaban J connectivity index is 2.32. The first-order valence-corrected chi connectivity index (χ1v) is 10.0. The molecule has 0 saturated heterocycles. The Morgan fingerprint density at radius 3 is 2.07 bits per heavy atom. The Morgan fingerprint density at radius 1 is 1.07 bits per heavy atom. The predicted molar refractivity (Wildman–Crippen MR) is 102 cm³/mol. The van der Waals surface area contributed by atoms with Crippen molar-refractivity contribution in [1.82, 2.24) is 9.78 Å². The van der Waals surface area contributed by atoms with E-state index in [1.807, 2.05) is 0 Å². The molecule has 0 unspecified atom stereocenters. The van der Waals surface area contributed by atoms with Crippen molar-refractivity contribution >= 4 is 16.0 Å². The number of nitrogens with two attached hydrogens (primary N) is 1. The van der Waals surface area contributed by atoms with Crippen LogP contribution in [0.25, 0.3) is 22.4 Å². The first kappa shape index (κ1) is 21.5. The lowest BCUT2D eigenvalue weighted by Crippen LogP contribution is -2.19. The summed E-state index contributed by atoms with van der Waals surface area (Å²) >= 11 is 0. The third kappa shape index (κ3) is 4.36. The normalized spacial score (nSPS) is 12.2. The second-order valence-electron chi connectivity index (χ2n) is 6.56. The maximum Gasteiger partial charge on any atom is 0.433 e. The highest BCUT2D eigenvalue weighted by Gasteiger charge is 2.41. The van der Waals surface area contributed by atoms with E-state index in [1.54, 1.807) is 19.1 Å². The van der Waals surface area contributed by atoms with Crippen molar-refractivity contribution in [3.05, 3.63) is 59.8 Å². The van der Waals surface area contributed by atoms with Crippen molar-refractivity contribution in [3.8, 4) is 22.4 Å². The van der Waals surface area contributed by atoms with Gasteiger partial charge in [0.1, 0.15) is 12.2 Å². The summed E-state index contributed by atoms with van der Waals surface area (Å²) < 4.78 is 65.1. The van der Waals surface area contributed by atoms with Crippen LogP contribution in [0, 0.1) is 6.92 Å². The highest BCUT2D eigenvalue weighted by atomic mass is 32.2. The molecule has 0 aliphatic carbocycles. The van der Waals surface area contributed by atoms with Gasteiger partial charge < -0.3 is 5.11 Å². The third-order valence-electron chi connectivity index (χ3n) is 4.30. The van der Waals surface area contributed by atoms with Crippen LogP contribution in [-0.2, 0) is 27.5 Å². The minimum atomic E-state index is -4.89. The fraction of sp³-hybridized carbons (Fsp3) is 0.158. The molecule has 3 rings (SSSR count). The number of carboxylic acids is 1. The zero-order valence-corrected chi connectivity index (χ0v) is 16.3. The van der Waals surface area contributed by atoms with E-state index in [4.69, 9.17) is 10.2 Å². The molecule has 0 amide bonds. The molecule has 30 heavy (non-hydrogen) atoms. The number of carbonyl (C=O) groups is 1. The molecule has 0 spiro atoms. The summed E-state index contributed by atoms with van der Waals surface area (Å²) in [7, 11) is -3.99. The first-order valence-electron chi connectivity index (χ1n) is 8.48. The van der Waals surface area contributed by atoms with Crippen LogP contribution >= 0.6 is 0 Å². The molecule has 0 bridgehead atoms. The van der Waals surface area contributed by atoms with E-state index < -0.39 is 34.4 Å². The number of primary sulfonamides is 1. The van der Waals surface area contributed by atoms with Crippen LogP contribution in [0.15, 0.2) is 53.4 Å². The number of nitrogens with zero attached hydrogens (tertiary/aromatic N) is 2. The molecule has 2 aromatic carbocycles. The van der Waals surface area contributed by atoms with Crippen LogP contribution < -0.4 is 5.14 Å². The summed E-state index contributed by atoms with van der Waals surface area (Å²) in [4.78, 5) is 10.9. The second-order valence-corrected chi connectivity index (χ2v) is 8.12. The van der Waals surface area contributed by atoms with Crippen molar-refractivity contribution in [2.24, 2.45) is 5.14 Å². The lowest BCUT2D eigenvalue weighted by atomic mass is 9.98. The molecule has 11 heteroatoms. The summed E-state index contributed by atoms with van der Waals surface area (Å²) in [6, 6.07) is 11.0. The monoisotopic (exact) mass is 439 g/mol. The Bertz CT molecular complexity index is 1200. The standard InChI is InChI=1S/C19H16F3N3O4S/c1-11-2-4-12(5-3-11)16-17(13-6-8-14(9-7-13)30(23,28)29)24-25(10-15(26)27)18(16)19(20,21)22/h2-9H,10H2,1H3,(H,26,27)(H2,23,28,29). The number of hydrogen-bond acceptors (Lipinski definition) is 4. The molecule has 0 aliphatic rings. The van der Waals surface area contributed by atoms with Crippen LogP contribution in [0.4, 0.5) is 13.2 Å². The molecule has 0 saturated carbocycles. The van der Waals surface area contributed by atoms with E-state index in [1.165, 1.54) is 24.3 Å². The molecule has 1 aromatic heterocycles. The van der Waals surface area contributed by atoms with Gasteiger partial charge in [0.2, 0.25) is 10.0 Å². The Morgan fingerprint density at radius 2 is 1.60 bits per heavy atom. The number of aromatic nitrogens is 2. The first-order chi connectivity index (χ1) is 13.9. The van der Waals surface area contributed by atoms with Gasteiger partial charge in [-0.25, -0.2) is 18.2 Å². The smallest absolute Gasteiger partial charge is 0.433 e. The predicted octanol–water partition coefficient (Wildman–Crippen LogP) is 3.28. The van der Waals surface area contributed by atoms with Gasteiger partial charge in [-0.1, -0.05) is 42.0 Å². The average Bonchev–Trinajstić information content (AvgIpc) is 3.00. The zero-order valence-electron chi connectivity index (χ0n) is 15.5. The van der Waals surface area contributed by atoms with Gasteiger partial charge >= 0.3 is 12.1 Å². The number of carboxylic acid groups (broad SMARTS) is 1. The largest absolute Gasteiger partial charge is 0.480 e. The minimum absolute atomic E-state index is 0.131. The zero-order chi connectivity index (χ0) is 22.3. The summed E-state index contributed by atoms with van der Waals surface area (Å²) in [6.07, 6.45) is -4.89. The van der Waals surface area contributed by atoms with Gasteiger partial charge in [-0.05, 0) is 24.6 Å². The Labute approximate surface area is 169 Å². The van der Waals surface area contributed by atoms with E-state index in [9.17, 15) is 26.4 Å². The molecular weight excluding hydrogens is 423 g/mol. The number of halogens is 3. The van der Waals surface area contributed by atoms with Gasteiger partial charge in [0.05, 0.1) is 4.90 Å². The van der Waals surface area contributed by atoms with Gasteiger partial charge in [-0.15, -0.1) is 0 Å². The van der Waals surface area contributed by atoms with Crippen LogP contribution in [0.1, 0.15) is 11.3 Å². The van der Waals surface area contributed by atoms with E-state index in [2.05, 4.69) is 5.10 Å². The minimum Gasteiger partial charge on any atom is -0.480 e. The summed E-state index contributed by atoms with van der Waals surface area (Å²) in [5, 5.41) is 18.0. The fourth-order valence-corrected chi connectivity index (χ4v) is 3.51. The fourth-order valence-electron chi connectivity index (χ4n) is 2.99. The molecule has 0 fully saturated rings. The second kappa shape index (κ2) is 7.58. The Kier molecular flexibility index (Phi) is 5.44. The van der Waals surface area contributed by atoms with Crippen molar-refractivity contribution in [3.63, 3.8) is 0 Å². The van der Waals surface area contributed by atoms with E-state index in [0.717, 1.165) is 17.7 Å². The van der Waals surface area contributed by atoms with Crippen LogP contribution in [0.2, 0.25) is 0 Å². The number of hydrogen-bond donors (Lipinski definition) is 2. The van der Waals surface area contributed by atoms with Crippen molar-refractivity contribution in [2.45, 2.75) is 24.5 Å². The highest BCUT2D eigenvalue weighted by molar-refractivity contribution is 7.89. The topological polar surface area (TPSA) is 115 Å². The maximum atomic E-state index is 13.9. The number of sulfonamides is 1. The SMILES string of the molecule is Cc1ccc(-c2c(-c3ccc(S(N)(=O)=O)cc3)nn(CC(=O)O)c2C(F)(F)F)cc1. The highest BCUT2D eigenvalue weighted by Crippen LogP contribution is 2.42. The summed E-state index contributed by atoms with van der Waals surface area (Å²) in [5.74, 6) is -1.49. The van der Waals surface area contributed by atoms with Crippen molar-refractivity contribution in [2.75, 3.05) is 0 Å². The summed E-state index contributed by atoms with van der Waals surface area (Å²) in [6.45, 7) is 0.776. The average molecular weight is 439 g/mol. The molecule has 0 atom stereocenters. The van der Waals surface area contributed by atoms with Gasteiger partial charge in [0.15, 0.2) is 5.69 Å². The number of rotatable bonds is 5. The van der Waals surface area contributed by atoms with Crippen molar-refractivity contribution < 1.29 is 31.5 Å². The van der Waals surface area contributed by atoms with Crippen LogP contribution in [-0.4, -0.2) is 29.3 Å². The number of aryl methyl sites for hydroxylation is 1. The molecule has 158 valence electrons. The third-order valence-corrected chi connectivity index (χ3v) is 5.23. The molecule has 0 aliphatic heterocycles. The quantitative estimate of drug-likeness (QED) is 0.633. The molecular formula is C19H16F3N3O4S. The molecule has 0 radical (unpaired) electrons. The van der Waals surface area contributed by atoms with Crippen molar-refractivity contribution in [1.29, 1.82) is 0 Å². The van der Waals surface area contributed by atoms with E-state index in [-0.39, 0.29) is 27.3 Å². The molecule has 7 nitrogen and oxygen atoms in total. The molecule has 1 heterocycles. The maximum absolute atomic E-state index is 13.9. The van der Waals surface area contributed by atoms with Gasteiger partial charge in [0, 0.05) is 11.1 Å². The lowest BCUT2D eigenvalue weighted by Gasteiger charge is -2.12. The van der Waals surface area contributed by atoms with Crippen LogP contribution in [0.3, 0.4) is 0 Å². The van der Waals surface area contributed by atoms with E-state index in [0.29, 0.717) is 4.68 Å². The van der Waals surface area contributed by atoms with Gasteiger partial charge in [-0.3, -0.25) is 4.79 Å². The molecule has 3 N–H and O–H groups in total. The summed E-state index contributed by atoms with van der Waals surface area (Å²) in [5.41, 5.74) is -0.452. The van der Waals surface area contributed by atoms with E-state index >= 15 is 0 Å². The van der Waals surface area contributed by atoms with Gasteiger partial charge in [0.25, 0.3) is 0 Å². The number of aliphatic carboxylic acids is 1. The number of benzene rings is 2. The van der Waals surface area contributed by atoms with Crippen LogP contribution in [0.5, 0.6) is 0 Å². The lowest BCUT2D eigenvalue weighted by molar-refractivity contribution is -0.146. The number of alkyl halides is 3. The molecule has 3 aromatic rings. The Hall–Kier alpha value is -3.18. The van der Waals surface area contributed by atoms with Gasteiger partial charge in [-0.2, -0.15) is 18.3 Å².